The van der Waals surface area contributed by atoms with E-state index >= 15 is 0 Å². The van der Waals surface area contributed by atoms with Crippen LogP contribution in [0.4, 0.5) is 0 Å². The van der Waals surface area contributed by atoms with Crippen molar-refractivity contribution in [2.45, 2.75) is 6.54 Å². The molecule has 0 aromatic heterocycles. The highest BCUT2D eigenvalue weighted by Gasteiger charge is 2.25. The molecule has 1 saturated heterocycles. The summed E-state index contributed by atoms with van der Waals surface area (Å²) in [6.07, 6.45) is 0. The first-order valence-electron chi connectivity index (χ1n) is 6.95. The molecule has 0 aliphatic carbocycles. The van der Waals surface area contributed by atoms with Gasteiger partial charge in [0.25, 0.3) is 0 Å². The number of rotatable bonds is 3. The maximum atomic E-state index is 11.9. The molecule has 2 rings (SSSR count). The van der Waals surface area contributed by atoms with Crippen molar-refractivity contribution in [3.05, 3.63) is 34.3 Å². The summed E-state index contributed by atoms with van der Waals surface area (Å²) in [5, 5.41) is 2.78. The van der Waals surface area contributed by atoms with Gasteiger partial charge in [-0.05, 0) is 24.7 Å². The van der Waals surface area contributed by atoms with Crippen LogP contribution < -0.4 is 5.32 Å². The van der Waals surface area contributed by atoms with Crippen LogP contribution >= 0.6 is 15.9 Å². The predicted octanol–water partition coefficient (Wildman–Crippen LogP) is 1.56. The summed E-state index contributed by atoms with van der Waals surface area (Å²) < 4.78 is 1.10. The normalized spacial score (nSPS) is 21.4. The molecule has 0 bridgehead atoms. The molecule has 1 aliphatic heterocycles. The van der Waals surface area contributed by atoms with Crippen molar-refractivity contribution in [3.8, 4) is 0 Å². The van der Waals surface area contributed by atoms with E-state index in [0.29, 0.717) is 0 Å². The van der Waals surface area contributed by atoms with Gasteiger partial charge < -0.3 is 10.2 Å². The molecule has 110 valence electrons. The lowest BCUT2D eigenvalue weighted by atomic mass is 10.1. The molecule has 1 amide bonds. The molecule has 0 spiro atoms. The van der Waals surface area contributed by atoms with Crippen molar-refractivity contribution in [1.82, 2.24) is 15.1 Å². The average molecular weight is 340 g/mol. The molecular formula is C15H22BrN3O. The van der Waals surface area contributed by atoms with Crippen molar-refractivity contribution in [2.75, 3.05) is 40.3 Å². The van der Waals surface area contributed by atoms with E-state index in [0.717, 1.165) is 37.2 Å². The highest BCUT2D eigenvalue weighted by atomic mass is 79.9. The van der Waals surface area contributed by atoms with Gasteiger partial charge in [0.2, 0.25) is 5.91 Å². The summed E-state index contributed by atoms with van der Waals surface area (Å²) in [7, 11) is 3.80. The third kappa shape index (κ3) is 4.30. The second kappa shape index (κ2) is 7.20. The maximum Gasteiger partial charge on any atom is 0.225 e. The smallest absolute Gasteiger partial charge is 0.225 e. The Morgan fingerprint density at radius 2 is 2.20 bits per heavy atom. The zero-order chi connectivity index (χ0) is 14.5. The summed E-state index contributed by atoms with van der Waals surface area (Å²) in [6.45, 7) is 4.53. The van der Waals surface area contributed by atoms with E-state index in [9.17, 15) is 4.79 Å². The van der Waals surface area contributed by atoms with Crippen LogP contribution in [-0.4, -0.2) is 56.0 Å². The third-order valence-corrected chi connectivity index (χ3v) is 4.21. The Morgan fingerprint density at radius 3 is 2.90 bits per heavy atom. The largest absolute Gasteiger partial charge is 0.359 e. The van der Waals surface area contributed by atoms with Gasteiger partial charge in [-0.1, -0.05) is 28.1 Å². The average Bonchev–Trinajstić information content (AvgIpc) is 2.60. The predicted molar refractivity (Wildman–Crippen MR) is 84.5 cm³/mol. The lowest BCUT2D eigenvalue weighted by Gasteiger charge is -2.23. The summed E-state index contributed by atoms with van der Waals surface area (Å²) in [4.78, 5) is 16.5. The van der Waals surface area contributed by atoms with E-state index in [-0.39, 0.29) is 11.8 Å². The van der Waals surface area contributed by atoms with Crippen LogP contribution in [0.3, 0.4) is 0 Å². The molecular weight excluding hydrogens is 318 g/mol. The van der Waals surface area contributed by atoms with E-state index in [1.165, 1.54) is 5.56 Å². The molecule has 1 N–H and O–H groups in total. The maximum absolute atomic E-state index is 11.9. The fourth-order valence-electron chi connectivity index (χ4n) is 2.65. The molecule has 1 fully saturated rings. The number of benzene rings is 1. The third-order valence-electron chi connectivity index (χ3n) is 3.72. The van der Waals surface area contributed by atoms with Crippen molar-refractivity contribution >= 4 is 21.8 Å². The second-order valence-corrected chi connectivity index (χ2v) is 6.35. The standard InChI is InChI=1S/C15H22BrN3O/c1-17-15(20)13-10-18(2)6-7-19(11-13)9-12-4-3-5-14(16)8-12/h3-5,8,13H,6-7,9-11H2,1-2H3,(H,17,20)/t13-/m0/s1. The molecule has 1 aliphatic rings. The Balaban J connectivity index is 2.04. The van der Waals surface area contributed by atoms with Crippen molar-refractivity contribution in [3.63, 3.8) is 0 Å². The van der Waals surface area contributed by atoms with Gasteiger partial charge >= 0.3 is 0 Å². The zero-order valence-electron chi connectivity index (χ0n) is 12.1. The minimum absolute atomic E-state index is 0.0413. The number of carbonyl (C=O) groups is 1. The molecule has 1 atom stereocenters. The first kappa shape index (κ1) is 15.5. The van der Waals surface area contributed by atoms with Gasteiger partial charge in [0.1, 0.15) is 0 Å². The van der Waals surface area contributed by atoms with E-state index < -0.39 is 0 Å². The second-order valence-electron chi connectivity index (χ2n) is 5.44. The Hall–Kier alpha value is -0.910. The summed E-state index contributed by atoms with van der Waals surface area (Å²) >= 11 is 3.51. The minimum atomic E-state index is 0.0413. The lowest BCUT2D eigenvalue weighted by molar-refractivity contribution is -0.125. The number of amides is 1. The molecule has 1 aromatic rings. The van der Waals surface area contributed by atoms with Gasteiger partial charge in [0.15, 0.2) is 0 Å². The lowest BCUT2D eigenvalue weighted by Crippen LogP contribution is -2.39. The first-order valence-corrected chi connectivity index (χ1v) is 7.74. The zero-order valence-corrected chi connectivity index (χ0v) is 13.7. The van der Waals surface area contributed by atoms with Crippen molar-refractivity contribution in [2.24, 2.45) is 5.92 Å². The van der Waals surface area contributed by atoms with Gasteiger partial charge in [-0.2, -0.15) is 0 Å². The fraction of sp³-hybridized carbons (Fsp3) is 0.533. The monoisotopic (exact) mass is 339 g/mol. The summed E-state index contributed by atoms with van der Waals surface area (Å²) in [5.74, 6) is 0.178. The fourth-order valence-corrected chi connectivity index (χ4v) is 3.09. The Labute approximate surface area is 129 Å². The van der Waals surface area contributed by atoms with Crippen LogP contribution in [0, 0.1) is 5.92 Å². The van der Waals surface area contributed by atoms with Gasteiger partial charge in [-0.25, -0.2) is 0 Å². The van der Waals surface area contributed by atoms with Crippen LogP contribution in [-0.2, 0) is 11.3 Å². The van der Waals surface area contributed by atoms with E-state index in [4.69, 9.17) is 0 Å². The summed E-state index contributed by atoms with van der Waals surface area (Å²) in [5.41, 5.74) is 1.28. The van der Waals surface area contributed by atoms with Crippen LogP contribution in [0.25, 0.3) is 0 Å². The van der Waals surface area contributed by atoms with Crippen LogP contribution in [0.5, 0.6) is 0 Å². The minimum Gasteiger partial charge on any atom is -0.359 e. The topological polar surface area (TPSA) is 35.6 Å². The molecule has 1 heterocycles. The highest BCUT2D eigenvalue weighted by molar-refractivity contribution is 9.10. The number of likely N-dealkylation sites (N-methyl/N-ethyl adjacent to an activating group) is 1. The van der Waals surface area contributed by atoms with Crippen LogP contribution in [0.15, 0.2) is 28.7 Å². The van der Waals surface area contributed by atoms with E-state index in [1.54, 1.807) is 7.05 Å². The Kier molecular flexibility index (Phi) is 5.57. The van der Waals surface area contributed by atoms with Crippen LogP contribution in [0.1, 0.15) is 5.56 Å². The van der Waals surface area contributed by atoms with E-state index in [1.807, 2.05) is 6.07 Å². The Bertz CT molecular complexity index is 466. The quantitative estimate of drug-likeness (QED) is 0.907. The molecule has 0 unspecified atom stereocenters. The molecule has 0 saturated carbocycles. The van der Waals surface area contributed by atoms with Crippen molar-refractivity contribution in [1.29, 1.82) is 0 Å². The number of nitrogens with one attached hydrogen (secondary N) is 1. The molecule has 0 radical (unpaired) electrons. The first-order chi connectivity index (χ1) is 9.58. The molecule has 20 heavy (non-hydrogen) atoms. The van der Waals surface area contributed by atoms with Crippen molar-refractivity contribution < 1.29 is 4.79 Å². The van der Waals surface area contributed by atoms with Gasteiger partial charge in [-0.3, -0.25) is 9.69 Å². The Morgan fingerprint density at radius 1 is 1.40 bits per heavy atom. The number of nitrogens with zero attached hydrogens (tertiary/aromatic N) is 2. The van der Waals surface area contributed by atoms with E-state index in [2.05, 4.69) is 56.3 Å². The molecule has 1 aromatic carbocycles. The number of hydrogen-bond acceptors (Lipinski definition) is 3. The molecule has 5 heteroatoms. The SMILES string of the molecule is CNC(=O)[C@H]1CN(C)CCN(Cc2cccc(Br)c2)C1. The van der Waals surface area contributed by atoms with Gasteiger partial charge in [0.05, 0.1) is 5.92 Å². The highest BCUT2D eigenvalue weighted by Crippen LogP contribution is 2.16. The van der Waals surface area contributed by atoms with Gasteiger partial charge in [0, 0.05) is 44.2 Å². The van der Waals surface area contributed by atoms with Gasteiger partial charge in [-0.15, -0.1) is 0 Å². The summed E-state index contributed by atoms with van der Waals surface area (Å²) in [6, 6.07) is 8.37. The number of carbonyl (C=O) groups excluding carboxylic acids is 1. The van der Waals surface area contributed by atoms with Crippen LogP contribution in [0.2, 0.25) is 0 Å². The number of halogens is 1. The molecule has 4 nitrogen and oxygen atoms in total. The number of hydrogen-bond donors (Lipinski definition) is 1.